The van der Waals surface area contributed by atoms with E-state index in [4.69, 9.17) is 0 Å². The summed E-state index contributed by atoms with van der Waals surface area (Å²) in [5.41, 5.74) is 1.92. The SMILES string of the molecule is CNC(CC(F)(F)F)c1cccc(C2CCC2)c1. The molecule has 0 amide bonds. The van der Waals surface area contributed by atoms with Gasteiger partial charge < -0.3 is 5.32 Å². The highest BCUT2D eigenvalue weighted by Crippen LogP contribution is 2.37. The Morgan fingerprint density at radius 2 is 2.06 bits per heavy atom. The highest BCUT2D eigenvalue weighted by atomic mass is 19.4. The van der Waals surface area contributed by atoms with E-state index in [9.17, 15) is 13.2 Å². The Bertz CT molecular complexity index is 396. The van der Waals surface area contributed by atoms with Crippen molar-refractivity contribution in [1.29, 1.82) is 0 Å². The average Bonchev–Trinajstić information content (AvgIpc) is 2.23. The third-order valence-electron chi connectivity index (χ3n) is 3.67. The highest BCUT2D eigenvalue weighted by Gasteiger charge is 2.32. The second kappa shape index (κ2) is 5.31. The minimum absolute atomic E-state index is 0.549. The molecule has 1 saturated carbocycles. The van der Waals surface area contributed by atoms with Gasteiger partial charge in [-0.3, -0.25) is 0 Å². The Kier molecular flexibility index (Phi) is 3.95. The number of benzene rings is 1. The van der Waals surface area contributed by atoms with Crippen LogP contribution in [-0.2, 0) is 0 Å². The standard InChI is InChI=1S/C14H18F3N/c1-18-13(9-14(15,16)17)12-7-3-6-11(8-12)10-4-2-5-10/h3,6-8,10,13,18H,2,4-5,9H2,1H3. The van der Waals surface area contributed by atoms with Crippen LogP contribution in [0.1, 0.15) is 48.8 Å². The summed E-state index contributed by atoms with van der Waals surface area (Å²) in [7, 11) is 1.58. The van der Waals surface area contributed by atoms with Crippen molar-refractivity contribution in [3.05, 3.63) is 35.4 Å². The third-order valence-corrected chi connectivity index (χ3v) is 3.67. The zero-order chi connectivity index (χ0) is 13.2. The van der Waals surface area contributed by atoms with Gasteiger partial charge in [0.1, 0.15) is 0 Å². The fraction of sp³-hybridized carbons (Fsp3) is 0.571. The molecule has 1 aromatic carbocycles. The molecule has 100 valence electrons. The van der Waals surface area contributed by atoms with E-state index in [0.29, 0.717) is 5.92 Å². The Balaban J connectivity index is 2.14. The molecule has 1 fully saturated rings. The Hall–Kier alpha value is -1.03. The van der Waals surface area contributed by atoms with Crippen molar-refractivity contribution >= 4 is 0 Å². The van der Waals surface area contributed by atoms with Gasteiger partial charge in [0.25, 0.3) is 0 Å². The zero-order valence-electron chi connectivity index (χ0n) is 10.4. The zero-order valence-corrected chi connectivity index (χ0v) is 10.4. The van der Waals surface area contributed by atoms with Crippen LogP contribution >= 0.6 is 0 Å². The molecule has 1 nitrogen and oxygen atoms in total. The Morgan fingerprint density at radius 1 is 1.33 bits per heavy atom. The van der Waals surface area contributed by atoms with Gasteiger partial charge in [-0.15, -0.1) is 0 Å². The van der Waals surface area contributed by atoms with Crippen molar-refractivity contribution in [3.8, 4) is 0 Å². The van der Waals surface area contributed by atoms with Gasteiger partial charge >= 0.3 is 6.18 Å². The molecule has 0 saturated heterocycles. The van der Waals surface area contributed by atoms with Gasteiger partial charge in [-0.1, -0.05) is 30.7 Å². The van der Waals surface area contributed by atoms with Crippen LogP contribution in [-0.4, -0.2) is 13.2 Å². The van der Waals surface area contributed by atoms with Crippen LogP contribution < -0.4 is 5.32 Å². The van der Waals surface area contributed by atoms with Crippen molar-refractivity contribution in [2.75, 3.05) is 7.05 Å². The minimum atomic E-state index is -4.14. The largest absolute Gasteiger partial charge is 0.390 e. The summed E-state index contributed by atoms with van der Waals surface area (Å²) < 4.78 is 37.4. The van der Waals surface area contributed by atoms with E-state index < -0.39 is 18.6 Å². The van der Waals surface area contributed by atoms with Crippen LogP contribution in [0.5, 0.6) is 0 Å². The average molecular weight is 257 g/mol. The third kappa shape index (κ3) is 3.25. The van der Waals surface area contributed by atoms with Crippen LogP contribution in [0.2, 0.25) is 0 Å². The van der Waals surface area contributed by atoms with Crippen LogP contribution in [0.25, 0.3) is 0 Å². The number of halogens is 3. The minimum Gasteiger partial charge on any atom is -0.313 e. The molecule has 4 heteroatoms. The van der Waals surface area contributed by atoms with E-state index in [1.54, 1.807) is 13.1 Å². The second-order valence-electron chi connectivity index (χ2n) is 4.96. The fourth-order valence-electron chi connectivity index (χ4n) is 2.39. The normalized spacial score (nSPS) is 18.4. The lowest BCUT2D eigenvalue weighted by Gasteiger charge is -2.27. The molecule has 0 spiro atoms. The maximum atomic E-state index is 12.5. The molecule has 0 radical (unpaired) electrons. The molecule has 1 unspecified atom stereocenters. The van der Waals surface area contributed by atoms with Crippen LogP contribution in [0.15, 0.2) is 24.3 Å². The first-order valence-corrected chi connectivity index (χ1v) is 6.33. The molecule has 0 bridgehead atoms. The summed E-state index contributed by atoms with van der Waals surface area (Å²) >= 11 is 0. The molecule has 1 atom stereocenters. The molecule has 1 aromatic rings. The molecule has 0 aliphatic heterocycles. The lowest BCUT2D eigenvalue weighted by atomic mass is 9.79. The molecule has 1 N–H and O–H groups in total. The van der Waals surface area contributed by atoms with E-state index in [1.807, 2.05) is 18.2 Å². The van der Waals surface area contributed by atoms with Crippen LogP contribution in [0, 0.1) is 0 Å². The summed E-state index contributed by atoms with van der Waals surface area (Å²) in [6, 6.07) is 6.94. The number of hydrogen-bond donors (Lipinski definition) is 1. The number of hydrogen-bond acceptors (Lipinski definition) is 1. The summed E-state index contributed by atoms with van der Waals surface area (Å²) in [5.74, 6) is 0.549. The summed E-state index contributed by atoms with van der Waals surface area (Å²) in [4.78, 5) is 0. The van der Waals surface area contributed by atoms with Gasteiger partial charge in [0.2, 0.25) is 0 Å². The molecular weight excluding hydrogens is 239 g/mol. The monoisotopic (exact) mass is 257 g/mol. The predicted octanol–water partition coefficient (Wildman–Crippen LogP) is 4.17. The highest BCUT2D eigenvalue weighted by molar-refractivity contribution is 5.29. The molecule has 1 aliphatic carbocycles. The van der Waals surface area contributed by atoms with Crippen molar-refractivity contribution < 1.29 is 13.2 Å². The summed E-state index contributed by atoms with van der Waals surface area (Å²) in [6.45, 7) is 0. The summed E-state index contributed by atoms with van der Waals surface area (Å²) in [6.07, 6.45) is -1.41. The second-order valence-corrected chi connectivity index (χ2v) is 4.96. The van der Waals surface area contributed by atoms with Crippen molar-refractivity contribution in [1.82, 2.24) is 5.32 Å². The predicted molar refractivity (Wildman–Crippen MR) is 65.5 cm³/mol. The Morgan fingerprint density at radius 3 is 2.56 bits per heavy atom. The van der Waals surface area contributed by atoms with Gasteiger partial charge in [0.05, 0.1) is 6.42 Å². The van der Waals surface area contributed by atoms with Crippen LogP contribution in [0.3, 0.4) is 0 Å². The molecular formula is C14H18F3N. The fourth-order valence-corrected chi connectivity index (χ4v) is 2.39. The topological polar surface area (TPSA) is 12.0 Å². The van der Waals surface area contributed by atoms with E-state index in [2.05, 4.69) is 5.32 Å². The maximum Gasteiger partial charge on any atom is 0.390 e. The van der Waals surface area contributed by atoms with Gasteiger partial charge in [0, 0.05) is 6.04 Å². The quantitative estimate of drug-likeness (QED) is 0.853. The lowest BCUT2D eigenvalue weighted by Crippen LogP contribution is -2.24. The Labute approximate surface area is 105 Å². The summed E-state index contributed by atoms with van der Waals surface area (Å²) in [5, 5.41) is 2.76. The molecule has 2 rings (SSSR count). The van der Waals surface area contributed by atoms with E-state index in [0.717, 1.165) is 18.4 Å². The maximum absolute atomic E-state index is 12.5. The van der Waals surface area contributed by atoms with Crippen molar-refractivity contribution in [3.63, 3.8) is 0 Å². The molecule has 1 aliphatic rings. The van der Waals surface area contributed by atoms with Gasteiger partial charge in [-0.05, 0) is 36.9 Å². The van der Waals surface area contributed by atoms with Gasteiger partial charge in [0.15, 0.2) is 0 Å². The smallest absolute Gasteiger partial charge is 0.313 e. The molecule has 0 heterocycles. The van der Waals surface area contributed by atoms with Crippen LogP contribution in [0.4, 0.5) is 13.2 Å². The number of nitrogens with one attached hydrogen (secondary N) is 1. The van der Waals surface area contributed by atoms with Crippen molar-refractivity contribution in [2.24, 2.45) is 0 Å². The van der Waals surface area contributed by atoms with Gasteiger partial charge in [-0.25, -0.2) is 0 Å². The first-order valence-electron chi connectivity index (χ1n) is 6.33. The molecule has 0 aromatic heterocycles. The van der Waals surface area contributed by atoms with Crippen molar-refractivity contribution in [2.45, 2.75) is 43.8 Å². The van der Waals surface area contributed by atoms with E-state index in [-0.39, 0.29) is 0 Å². The number of rotatable bonds is 4. The first-order chi connectivity index (χ1) is 8.49. The number of alkyl halides is 3. The first kappa shape index (κ1) is 13.4. The molecule has 18 heavy (non-hydrogen) atoms. The van der Waals surface area contributed by atoms with Gasteiger partial charge in [-0.2, -0.15) is 13.2 Å². The van der Waals surface area contributed by atoms with E-state index in [1.165, 1.54) is 12.0 Å². The lowest BCUT2D eigenvalue weighted by molar-refractivity contribution is -0.140. The van der Waals surface area contributed by atoms with E-state index >= 15 is 0 Å².